The molecule has 0 spiro atoms. The van der Waals surface area contributed by atoms with Crippen LogP contribution in [0.25, 0.3) is 0 Å². The number of rotatable bonds is 4. The highest BCUT2D eigenvalue weighted by Gasteiger charge is 2.37. The number of fused-ring (bicyclic) bond motifs is 3. The Morgan fingerprint density at radius 1 is 1.24 bits per heavy atom. The van der Waals surface area contributed by atoms with Gasteiger partial charge < -0.3 is 15.4 Å². The highest BCUT2D eigenvalue weighted by Crippen LogP contribution is 2.47. The Kier molecular flexibility index (Phi) is 5.77. The summed E-state index contributed by atoms with van der Waals surface area (Å²) in [4.78, 5) is 14.4. The summed E-state index contributed by atoms with van der Waals surface area (Å²) >= 11 is 8.88. The molecule has 0 saturated carbocycles. The highest BCUT2D eigenvalue weighted by molar-refractivity contribution is 9.11. The monoisotopic (exact) mass is 540 g/mol. The topological polar surface area (TPSA) is 50.4 Å². The summed E-state index contributed by atoms with van der Waals surface area (Å²) in [6.07, 6.45) is 4.14. The van der Waals surface area contributed by atoms with Crippen LogP contribution in [0.5, 0.6) is 5.75 Å². The van der Waals surface area contributed by atoms with Gasteiger partial charge in [0.1, 0.15) is 16.9 Å². The molecule has 2 heterocycles. The van der Waals surface area contributed by atoms with Crippen molar-refractivity contribution in [1.82, 2.24) is 5.32 Å². The fourth-order valence-corrected chi connectivity index (χ4v) is 7.26. The van der Waals surface area contributed by atoms with Crippen LogP contribution in [-0.4, -0.2) is 13.0 Å². The number of carbonyl (C=O) groups is 1. The number of benzene rings is 1. The molecule has 1 amide bonds. The van der Waals surface area contributed by atoms with Gasteiger partial charge in [-0.2, -0.15) is 0 Å². The van der Waals surface area contributed by atoms with E-state index in [4.69, 9.17) is 4.74 Å². The molecule has 1 aromatic carbocycles. The number of anilines is 1. The predicted molar refractivity (Wildman–Crippen MR) is 126 cm³/mol. The van der Waals surface area contributed by atoms with Gasteiger partial charge in [0, 0.05) is 4.88 Å². The number of amides is 1. The molecule has 0 saturated heterocycles. The molecule has 0 radical (unpaired) electrons. The van der Waals surface area contributed by atoms with Crippen molar-refractivity contribution in [3.63, 3.8) is 0 Å². The Hall–Kier alpha value is -1.05. The number of nitrogens with one attached hydrogen (secondary N) is 2. The van der Waals surface area contributed by atoms with Gasteiger partial charge >= 0.3 is 0 Å². The lowest BCUT2D eigenvalue weighted by atomic mass is 9.69. The molecule has 1 aliphatic carbocycles. The van der Waals surface area contributed by atoms with Gasteiger partial charge in [0.15, 0.2) is 0 Å². The maximum Gasteiger partial charge on any atom is 0.256 e. The summed E-state index contributed by atoms with van der Waals surface area (Å²) < 4.78 is 7.09. The summed E-state index contributed by atoms with van der Waals surface area (Å²) in [6.45, 7) is 7.02. The van der Waals surface area contributed by atoms with E-state index >= 15 is 0 Å². The lowest BCUT2D eigenvalue weighted by molar-refractivity contribution is 0.0934. The minimum atomic E-state index is -0.267. The van der Waals surface area contributed by atoms with E-state index in [1.54, 1.807) is 18.4 Å². The zero-order chi connectivity index (χ0) is 20.9. The summed E-state index contributed by atoms with van der Waals surface area (Å²) in [6, 6.07) is 3.97. The molecule has 1 aromatic heterocycles. The molecule has 4 rings (SSSR count). The molecule has 1 aliphatic heterocycles. The van der Waals surface area contributed by atoms with Crippen LogP contribution in [0.3, 0.4) is 0 Å². The Balaban J connectivity index is 1.64. The van der Waals surface area contributed by atoms with Crippen LogP contribution in [0.1, 0.15) is 66.1 Å². The lowest BCUT2D eigenvalue weighted by Gasteiger charge is -2.36. The maximum absolute atomic E-state index is 13.0. The molecule has 156 valence electrons. The van der Waals surface area contributed by atoms with E-state index in [-0.39, 0.29) is 12.1 Å². The quantitative estimate of drug-likeness (QED) is 0.454. The number of hydrogen-bond acceptors (Lipinski definition) is 4. The van der Waals surface area contributed by atoms with Crippen molar-refractivity contribution in [3.05, 3.63) is 42.6 Å². The molecule has 4 nitrogen and oxygen atoms in total. The highest BCUT2D eigenvalue weighted by atomic mass is 79.9. The third-order valence-electron chi connectivity index (χ3n) is 6.62. The minimum Gasteiger partial charge on any atom is -0.494 e. The first-order chi connectivity index (χ1) is 13.7. The van der Waals surface area contributed by atoms with Crippen molar-refractivity contribution < 1.29 is 9.53 Å². The van der Waals surface area contributed by atoms with Crippen LogP contribution in [0.15, 0.2) is 21.1 Å². The molecule has 2 atom stereocenters. The number of halogens is 2. The number of methoxy groups -OCH3 is 1. The van der Waals surface area contributed by atoms with Crippen molar-refractivity contribution in [2.24, 2.45) is 11.3 Å². The summed E-state index contributed by atoms with van der Waals surface area (Å²) in [5, 5.41) is 7.71. The molecule has 2 aromatic rings. The Labute approximate surface area is 193 Å². The molecule has 0 bridgehead atoms. The van der Waals surface area contributed by atoms with Gasteiger partial charge in [-0.1, -0.05) is 27.2 Å². The number of hydrogen-bond donors (Lipinski definition) is 2. The molecule has 2 unspecified atom stereocenters. The smallest absolute Gasteiger partial charge is 0.256 e. The first-order valence-corrected chi connectivity index (χ1v) is 12.4. The van der Waals surface area contributed by atoms with Gasteiger partial charge in [0.25, 0.3) is 5.91 Å². The SMILES string of the molecule is CCC(C)(C)C1CCc2c(sc3c2C(=O)NC(c2cc(Br)c(OC)c(Br)c2)N3)C1. The van der Waals surface area contributed by atoms with Crippen molar-refractivity contribution in [3.8, 4) is 5.75 Å². The third kappa shape index (κ3) is 3.74. The molecular formula is C22H26Br2N2O2S. The zero-order valence-electron chi connectivity index (χ0n) is 17.1. The second kappa shape index (κ2) is 7.89. The number of ether oxygens (including phenoxy) is 1. The third-order valence-corrected chi connectivity index (χ3v) is 8.98. The second-order valence-corrected chi connectivity index (χ2v) is 11.4. The van der Waals surface area contributed by atoms with Crippen molar-refractivity contribution in [2.45, 2.75) is 52.6 Å². The van der Waals surface area contributed by atoms with Crippen molar-refractivity contribution in [2.75, 3.05) is 12.4 Å². The Bertz CT molecular complexity index is 947. The average molecular weight is 542 g/mol. The summed E-state index contributed by atoms with van der Waals surface area (Å²) in [7, 11) is 1.64. The second-order valence-electron chi connectivity index (χ2n) is 8.56. The van der Waals surface area contributed by atoms with Crippen molar-refractivity contribution in [1.29, 1.82) is 0 Å². The molecule has 29 heavy (non-hydrogen) atoms. The first-order valence-electron chi connectivity index (χ1n) is 10.00. The molecule has 7 heteroatoms. The Morgan fingerprint density at radius 2 is 1.93 bits per heavy atom. The van der Waals surface area contributed by atoms with E-state index in [1.807, 2.05) is 12.1 Å². The predicted octanol–water partition coefficient (Wildman–Crippen LogP) is 6.68. The summed E-state index contributed by atoms with van der Waals surface area (Å²) in [5.41, 5.74) is 3.43. The van der Waals surface area contributed by atoms with Crippen LogP contribution in [0.2, 0.25) is 0 Å². The zero-order valence-corrected chi connectivity index (χ0v) is 21.1. The van der Waals surface area contributed by atoms with E-state index in [2.05, 4.69) is 63.3 Å². The van der Waals surface area contributed by atoms with Gasteiger partial charge in [-0.05, 0) is 85.7 Å². The Morgan fingerprint density at radius 3 is 2.55 bits per heavy atom. The van der Waals surface area contributed by atoms with Crippen LogP contribution < -0.4 is 15.4 Å². The molecular weight excluding hydrogens is 516 g/mol. The maximum atomic E-state index is 13.0. The fraction of sp³-hybridized carbons (Fsp3) is 0.500. The van der Waals surface area contributed by atoms with Crippen molar-refractivity contribution >= 4 is 54.1 Å². The largest absolute Gasteiger partial charge is 0.494 e. The van der Waals surface area contributed by atoms with Gasteiger partial charge in [-0.25, -0.2) is 0 Å². The molecule has 0 fully saturated rings. The first kappa shape index (κ1) is 21.2. The number of carbonyl (C=O) groups excluding carboxylic acids is 1. The van der Waals surface area contributed by atoms with E-state index in [1.165, 1.54) is 16.9 Å². The van der Waals surface area contributed by atoms with Gasteiger partial charge in [0.05, 0.1) is 21.6 Å². The fourth-order valence-electron chi connectivity index (χ4n) is 4.36. The van der Waals surface area contributed by atoms with E-state index in [9.17, 15) is 4.79 Å². The average Bonchev–Trinajstić information content (AvgIpc) is 3.05. The normalized spacial score (nSPS) is 21.1. The van der Waals surface area contributed by atoms with Crippen LogP contribution in [0.4, 0.5) is 5.00 Å². The molecule has 2 N–H and O–H groups in total. The van der Waals surface area contributed by atoms with Gasteiger partial charge in [0.2, 0.25) is 0 Å². The van der Waals surface area contributed by atoms with Crippen LogP contribution in [0, 0.1) is 11.3 Å². The lowest BCUT2D eigenvalue weighted by Crippen LogP contribution is -2.38. The van der Waals surface area contributed by atoms with Gasteiger partial charge in [-0.3, -0.25) is 4.79 Å². The summed E-state index contributed by atoms with van der Waals surface area (Å²) in [5.74, 6) is 1.44. The van der Waals surface area contributed by atoms with Crippen LogP contribution >= 0.6 is 43.2 Å². The van der Waals surface area contributed by atoms with Crippen LogP contribution in [-0.2, 0) is 12.8 Å². The molecule has 2 aliphatic rings. The van der Waals surface area contributed by atoms with E-state index < -0.39 is 0 Å². The number of thiophene rings is 1. The van der Waals surface area contributed by atoms with E-state index in [0.717, 1.165) is 50.1 Å². The van der Waals surface area contributed by atoms with E-state index in [0.29, 0.717) is 11.3 Å². The van der Waals surface area contributed by atoms with Gasteiger partial charge in [-0.15, -0.1) is 11.3 Å². The standard InChI is InChI=1S/C22H26Br2N2O2S/c1-5-22(2,3)12-6-7-13-16(10-12)29-21-17(13)20(27)25-19(26-21)11-8-14(23)18(28-4)15(24)9-11/h8-9,12,19,26H,5-7,10H2,1-4H3,(H,25,27). The minimum absolute atomic E-state index is 0.0255.